The Morgan fingerprint density at radius 2 is 1.80 bits per heavy atom. The predicted octanol–water partition coefficient (Wildman–Crippen LogP) is 5.92. The Morgan fingerprint density at radius 3 is 2.30 bits per heavy atom. The van der Waals surface area contributed by atoms with Gasteiger partial charge >= 0.3 is 0 Å². The highest BCUT2D eigenvalue weighted by Gasteiger charge is 2.41. The maximum absolute atomic E-state index is 4.79. The van der Waals surface area contributed by atoms with Gasteiger partial charge in [0.05, 0.1) is 0 Å². The zero-order valence-electron chi connectivity index (χ0n) is 13.0. The molecule has 1 heteroatoms. The maximum Gasteiger partial charge on any atom is 0.0210 e. The normalized spacial score (nSPS) is 16.1. The van der Waals surface area contributed by atoms with Crippen molar-refractivity contribution in [3.8, 4) is 0 Å². The van der Waals surface area contributed by atoms with Crippen LogP contribution in [0.2, 0.25) is 0 Å². The lowest BCUT2D eigenvalue weighted by molar-refractivity contribution is 0.486. The molecule has 0 amide bonds. The topological polar surface area (TPSA) is 0 Å². The van der Waals surface area contributed by atoms with Crippen LogP contribution in [0.15, 0.2) is 53.0 Å². The number of allylic oxidation sites excluding steroid dienone is 4. The molecule has 0 fully saturated rings. The fourth-order valence-corrected chi connectivity index (χ4v) is 3.70. The molecule has 0 heterocycles. The number of thiol groups is 1. The highest BCUT2D eigenvalue weighted by molar-refractivity contribution is 7.85. The summed E-state index contributed by atoms with van der Waals surface area (Å²) in [7, 11) is 0. The zero-order valence-corrected chi connectivity index (χ0v) is 13.8. The molecule has 0 bridgehead atoms. The van der Waals surface area contributed by atoms with Gasteiger partial charge in [-0.25, -0.2) is 0 Å². The van der Waals surface area contributed by atoms with E-state index in [1.807, 2.05) is 6.08 Å². The average molecular weight is 284 g/mol. The van der Waals surface area contributed by atoms with Crippen molar-refractivity contribution in [2.24, 2.45) is 0 Å². The molecule has 0 spiro atoms. The lowest BCUT2D eigenvalue weighted by atomic mass is 9.73. The summed E-state index contributed by atoms with van der Waals surface area (Å²) in [6.07, 6.45) is 4.23. The van der Waals surface area contributed by atoms with Gasteiger partial charge in [-0.15, -0.1) is 12.6 Å². The van der Waals surface area contributed by atoms with Gasteiger partial charge in [-0.2, -0.15) is 0 Å². The molecule has 0 N–H and O–H groups in total. The third-order valence-electron chi connectivity index (χ3n) is 4.62. The molecule has 0 nitrogen and oxygen atoms in total. The van der Waals surface area contributed by atoms with Crippen LogP contribution in [0.4, 0.5) is 0 Å². The second-order valence-corrected chi connectivity index (χ2v) is 6.12. The Bertz CT molecular complexity index is 594. The van der Waals surface area contributed by atoms with Crippen molar-refractivity contribution in [3.05, 3.63) is 64.1 Å². The quantitative estimate of drug-likeness (QED) is 0.652. The molecule has 2 rings (SSSR count). The van der Waals surface area contributed by atoms with Crippen LogP contribution in [0, 0.1) is 0 Å². The average Bonchev–Trinajstić information content (AvgIpc) is 2.76. The van der Waals surface area contributed by atoms with E-state index in [0.29, 0.717) is 0 Å². The van der Waals surface area contributed by atoms with Gasteiger partial charge in [-0.3, -0.25) is 0 Å². The van der Waals surface area contributed by atoms with Crippen molar-refractivity contribution >= 4 is 18.2 Å². The monoisotopic (exact) mass is 284 g/mol. The Kier molecular flexibility index (Phi) is 4.29. The van der Waals surface area contributed by atoms with Crippen LogP contribution < -0.4 is 0 Å². The van der Waals surface area contributed by atoms with E-state index in [1.54, 1.807) is 0 Å². The molecule has 0 saturated carbocycles. The largest absolute Gasteiger partial charge is 0.143 e. The SMILES string of the molecule is C=CC1=C(C(S)=C(C)C)c2ccccc2C1(CC)CC. The first-order valence-corrected chi connectivity index (χ1v) is 7.82. The van der Waals surface area contributed by atoms with Crippen LogP contribution >= 0.6 is 12.6 Å². The van der Waals surface area contributed by atoms with Crippen molar-refractivity contribution in [1.29, 1.82) is 0 Å². The summed E-state index contributed by atoms with van der Waals surface area (Å²) in [5.41, 5.74) is 6.73. The van der Waals surface area contributed by atoms with Gasteiger partial charge < -0.3 is 0 Å². The predicted molar refractivity (Wildman–Crippen MR) is 93.2 cm³/mol. The minimum absolute atomic E-state index is 0.0944. The molecule has 0 unspecified atom stereocenters. The second-order valence-electron chi connectivity index (χ2n) is 5.68. The minimum atomic E-state index is 0.0944. The van der Waals surface area contributed by atoms with Crippen LogP contribution in [-0.2, 0) is 5.41 Å². The Labute approximate surface area is 128 Å². The lowest BCUT2D eigenvalue weighted by Crippen LogP contribution is -2.23. The van der Waals surface area contributed by atoms with E-state index in [0.717, 1.165) is 17.7 Å². The van der Waals surface area contributed by atoms with Crippen LogP contribution in [0.5, 0.6) is 0 Å². The highest BCUT2D eigenvalue weighted by Crippen LogP contribution is 2.53. The Hall–Kier alpha value is -1.21. The van der Waals surface area contributed by atoms with Crippen LogP contribution in [0.25, 0.3) is 5.57 Å². The lowest BCUT2D eigenvalue weighted by Gasteiger charge is -2.30. The molecular formula is C19H24S. The molecule has 1 aromatic carbocycles. The Morgan fingerprint density at radius 1 is 1.20 bits per heavy atom. The van der Waals surface area contributed by atoms with E-state index >= 15 is 0 Å². The molecule has 0 atom stereocenters. The van der Waals surface area contributed by atoms with Gasteiger partial charge in [0.1, 0.15) is 0 Å². The van der Waals surface area contributed by atoms with E-state index in [4.69, 9.17) is 12.6 Å². The molecule has 0 saturated heterocycles. The summed E-state index contributed by atoms with van der Waals surface area (Å²) in [6.45, 7) is 12.9. The van der Waals surface area contributed by atoms with Crippen LogP contribution in [0.3, 0.4) is 0 Å². The minimum Gasteiger partial charge on any atom is -0.143 e. The van der Waals surface area contributed by atoms with Gasteiger partial charge in [0, 0.05) is 10.3 Å². The first-order chi connectivity index (χ1) is 9.53. The molecule has 1 aliphatic carbocycles. The fraction of sp³-hybridized carbons (Fsp3) is 0.368. The zero-order chi connectivity index (χ0) is 14.9. The van der Waals surface area contributed by atoms with Crippen molar-refractivity contribution in [2.75, 3.05) is 0 Å². The van der Waals surface area contributed by atoms with E-state index in [1.165, 1.54) is 27.8 Å². The third kappa shape index (κ3) is 2.00. The fourth-order valence-electron chi connectivity index (χ4n) is 3.46. The van der Waals surface area contributed by atoms with E-state index in [-0.39, 0.29) is 5.41 Å². The molecule has 0 aliphatic heterocycles. The van der Waals surface area contributed by atoms with Gasteiger partial charge in [-0.05, 0) is 49.0 Å². The van der Waals surface area contributed by atoms with E-state index in [9.17, 15) is 0 Å². The molecule has 20 heavy (non-hydrogen) atoms. The van der Waals surface area contributed by atoms with E-state index in [2.05, 4.69) is 58.5 Å². The van der Waals surface area contributed by atoms with Gasteiger partial charge in [-0.1, -0.05) is 56.3 Å². The summed E-state index contributed by atoms with van der Waals surface area (Å²) in [4.78, 5) is 1.09. The summed E-state index contributed by atoms with van der Waals surface area (Å²) in [5, 5.41) is 0. The first-order valence-electron chi connectivity index (χ1n) is 7.37. The first kappa shape index (κ1) is 15.2. The number of hydrogen-bond donors (Lipinski definition) is 1. The number of benzene rings is 1. The van der Waals surface area contributed by atoms with Gasteiger partial charge in [0.15, 0.2) is 0 Å². The van der Waals surface area contributed by atoms with Crippen LogP contribution in [-0.4, -0.2) is 0 Å². The summed E-state index contributed by atoms with van der Waals surface area (Å²) < 4.78 is 0. The summed E-state index contributed by atoms with van der Waals surface area (Å²) >= 11 is 4.79. The van der Waals surface area contributed by atoms with Crippen molar-refractivity contribution < 1.29 is 0 Å². The summed E-state index contributed by atoms with van der Waals surface area (Å²) in [5.74, 6) is 0. The van der Waals surface area contributed by atoms with Crippen molar-refractivity contribution in [3.63, 3.8) is 0 Å². The molecule has 1 aromatic rings. The molecule has 1 aliphatic rings. The molecule has 106 valence electrons. The molecule has 0 aromatic heterocycles. The smallest absolute Gasteiger partial charge is 0.0210 e. The van der Waals surface area contributed by atoms with Crippen molar-refractivity contribution in [1.82, 2.24) is 0 Å². The third-order valence-corrected chi connectivity index (χ3v) is 5.29. The second kappa shape index (κ2) is 5.65. The molecular weight excluding hydrogens is 260 g/mol. The maximum atomic E-state index is 4.79. The standard InChI is InChI=1S/C19H24S/c1-6-15-17(18(20)13(4)5)14-11-9-10-12-16(14)19(15,7-2)8-3/h6,9-12,20H,1,7-8H2,2-5H3. The van der Waals surface area contributed by atoms with Gasteiger partial charge in [0.25, 0.3) is 0 Å². The van der Waals surface area contributed by atoms with Crippen molar-refractivity contribution in [2.45, 2.75) is 46.0 Å². The van der Waals surface area contributed by atoms with Gasteiger partial charge in [0.2, 0.25) is 0 Å². The summed E-state index contributed by atoms with van der Waals surface area (Å²) in [6, 6.07) is 8.75. The van der Waals surface area contributed by atoms with Crippen LogP contribution in [0.1, 0.15) is 51.7 Å². The number of hydrogen-bond acceptors (Lipinski definition) is 1. The van der Waals surface area contributed by atoms with E-state index < -0.39 is 0 Å². The highest BCUT2D eigenvalue weighted by atomic mass is 32.1. The number of fused-ring (bicyclic) bond motifs is 1. The number of rotatable bonds is 4. The Balaban J connectivity index is 2.87. The molecule has 0 radical (unpaired) electrons.